The van der Waals surface area contributed by atoms with E-state index >= 15 is 0 Å². The van der Waals surface area contributed by atoms with Crippen molar-refractivity contribution in [1.29, 1.82) is 0 Å². The van der Waals surface area contributed by atoms with E-state index in [1.54, 1.807) is 23.7 Å². The SMILES string of the molecule is CC.CC(=O)Oc1ccc(-c2nnc(SC(C)=O)n2C)c(OC(C)=O)c1. The molecular weight excluding hydrogens is 358 g/mol. The number of carbonyl (C=O) groups is 3. The minimum atomic E-state index is -0.531. The number of rotatable bonds is 4. The van der Waals surface area contributed by atoms with Crippen LogP contribution in [0.25, 0.3) is 11.4 Å². The van der Waals surface area contributed by atoms with Gasteiger partial charge in [-0.1, -0.05) is 13.8 Å². The van der Waals surface area contributed by atoms with Crippen LogP contribution in [0.4, 0.5) is 0 Å². The van der Waals surface area contributed by atoms with E-state index in [1.807, 2.05) is 13.8 Å². The van der Waals surface area contributed by atoms with Crippen molar-refractivity contribution in [2.24, 2.45) is 7.05 Å². The maximum atomic E-state index is 11.3. The normalized spacial score (nSPS) is 9.77. The van der Waals surface area contributed by atoms with Gasteiger partial charge in [0.1, 0.15) is 11.5 Å². The standard InChI is InChI=1S/C15H15N3O5S.C2H6/c1-8(19)22-11-5-6-12(13(7-11)23-9(2)20)14-16-17-15(18(14)4)24-10(3)21;1-2/h5-7H,1-4H3;1-2H3. The third kappa shape index (κ3) is 5.69. The molecule has 9 heteroatoms. The van der Waals surface area contributed by atoms with Gasteiger partial charge in [0.05, 0.1) is 5.56 Å². The van der Waals surface area contributed by atoms with E-state index in [0.29, 0.717) is 16.5 Å². The van der Waals surface area contributed by atoms with E-state index in [0.717, 1.165) is 11.8 Å². The number of ether oxygens (including phenoxy) is 2. The maximum absolute atomic E-state index is 11.3. The quantitative estimate of drug-likeness (QED) is 0.454. The molecule has 0 saturated carbocycles. The van der Waals surface area contributed by atoms with Gasteiger partial charge in [0.15, 0.2) is 16.1 Å². The Labute approximate surface area is 155 Å². The fraction of sp³-hybridized carbons (Fsp3) is 0.353. The number of carbonyl (C=O) groups excluding carboxylic acids is 3. The highest BCUT2D eigenvalue weighted by Crippen LogP contribution is 2.34. The first-order valence-electron chi connectivity index (χ1n) is 7.87. The lowest BCUT2D eigenvalue weighted by Gasteiger charge is -2.10. The summed E-state index contributed by atoms with van der Waals surface area (Å²) in [5.41, 5.74) is 0.478. The number of aromatic nitrogens is 3. The molecule has 2 rings (SSSR count). The van der Waals surface area contributed by atoms with Crippen LogP contribution in [0.3, 0.4) is 0 Å². The highest BCUT2D eigenvalue weighted by atomic mass is 32.2. The summed E-state index contributed by atoms with van der Waals surface area (Å²) in [5, 5.41) is 8.28. The average molecular weight is 379 g/mol. The van der Waals surface area contributed by atoms with Crippen LogP contribution in [-0.4, -0.2) is 31.8 Å². The Morgan fingerprint density at radius 2 is 1.62 bits per heavy atom. The molecule has 0 saturated heterocycles. The molecule has 2 aromatic rings. The topological polar surface area (TPSA) is 100 Å². The second-order valence-corrected chi connectivity index (χ2v) is 5.95. The Bertz CT molecular complexity index is 817. The van der Waals surface area contributed by atoms with E-state index in [-0.39, 0.29) is 16.6 Å². The number of benzene rings is 1. The van der Waals surface area contributed by atoms with Crippen LogP contribution in [0.2, 0.25) is 0 Å². The zero-order chi connectivity index (χ0) is 19.9. The molecule has 0 aliphatic heterocycles. The van der Waals surface area contributed by atoms with Crippen LogP contribution >= 0.6 is 11.8 Å². The molecule has 0 bridgehead atoms. The lowest BCUT2D eigenvalue weighted by atomic mass is 10.1. The highest BCUT2D eigenvalue weighted by molar-refractivity contribution is 8.13. The van der Waals surface area contributed by atoms with Crippen LogP contribution in [0.1, 0.15) is 34.6 Å². The van der Waals surface area contributed by atoms with Crippen molar-refractivity contribution in [3.05, 3.63) is 18.2 Å². The summed E-state index contributed by atoms with van der Waals surface area (Å²) in [5.74, 6) is -0.199. The van der Waals surface area contributed by atoms with Gasteiger partial charge < -0.3 is 14.0 Å². The largest absolute Gasteiger partial charge is 0.427 e. The Hall–Kier alpha value is -2.68. The molecule has 0 aliphatic carbocycles. The summed E-state index contributed by atoms with van der Waals surface area (Å²) in [6.45, 7) is 7.96. The summed E-state index contributed by atoms with van der Waals surface area (Å²) >= 11 is 0.945. The molecule has 1 aromatic carbocycles. The molecule has 0 radical (unpaired) electrons. The number of nitrogens with zero attached hydrogens (tertiary/aromatic N) is 3. The van der Waals surface area contributed by atoms with Gasteiger partial charge in [0.25, 0.3) is 0 Å². The average Bonchev–Trinajstić information content (AvgIpc) is 2.89. The Balaban J connectivity index is 0.00000163. The summed E-state index contributed by atoms with van der Waals surface area (Å²) < 4.78 is 11.8. The molecule has 8 nitrogen and oxygen atoms in total. The van der Waals surface area contributed by atoms with Crippen LogP contribution in [0.5, 0.6) is 11.5 Å². The van der Waals surface area contributed by atoms with Crippen LogP contribution in [-0.2, 0) is 21.4 Å². The highest BCUT2D eigenvalue weighted by Gasteiger charge is 2.18. The van der Waals surface area contributed by atoms with E-state index < -0.39 is 11.9 Å². The Kier molecular flexibility index (Phi) is 7.98. The van der Waals surface area contributed by atoms with Gasteiger partial charge in [0, 0.05) is 33.9 Å². The second kappa shape index (κ2) is 9.71. The number of hydrogen-bond donors (Lipinski definition) is 0. The molecule has 26 heavy (non-hydrogen) atoms. The smallest absolute Gasteiger partial charge is 0.308 e. The predicted octanol–water partition coefficient (Wildman–Crippen LogP) is 3.00. The monoisotopic (exact) mass is 379 g/mol. The number of esters is 2. The van der Waals surface area contributed by atoms with Gasteiger partial charge >= 0.3 is 11.9 Å². The molecule has 0 aliphatic rings. The second-order valence-electron chi connectivity index (χ2n) is 4.80. The summed E-state index contributed by atoms with van der Waals surface area (Å²) in [6, 6.07) is 4.57. The predicted molar refractivity (Wildman–Crippen MR) is 96.9 cm³/mol. The third-order valence-electron chi connectivity index (χ3n) is 2.78. The van der Waals surface area contributed by atoms with Gasteiger partial charge in [-0.3, -0.25) is 14.4 Å². The third-order valence-corrected chi connectivity index (χ3v) is 3.60. The van der Waals surface area contributed by atoms with Crippen molar-refractivity contribution in [3.8, 4) is 22.9 Å². The van der Waals surface area contributed by atoms with E-state index in [9.17, 15) is 14.4 Å². The maximum Gasteiger partial charge on any atom is 0.308 e. The van der Waals surface area contributed by atoms with Crippen molar-refractivity contribution in [3.63, 3.8) is 0 Å². The van der Waals surface area contributed by atoms with Gasteiger partial charge in [-0.15, -0.1) is 10.2 Å². The van der Waals surface area contributed by atoms with E-state index in [1.165, 1.54) is 26.8 Å². The van der Waals surface area contributed by atoms with Crippen molar-refractivity contribution in [1.82, 2.24) is 14.8 Å². The van der Waals surface area contributed by atoms with Crippen LogP contribution in [0.15, 0.2) is 23.4 Å². The van der Waals surface area contributed by atoms with E-state index in [2.05, 4.69) is 10.2 Å². The molecule has 0 fully saturated rings. The molecule has 0 atom stereocenters. The lowest BCUT2D eigenvalue weighted by Crippen LogP contribution is -2.06. The van der Waals surface area contributed by atoms with Crippen molar-refractivity contribution in [2.75, 3.05) is 0 Å². The molecule has 0 amide bonds. The molecule has 0 unspecified atom stereocenters. The minimum Gasteiger partial charge on any atom is -0.427 e. The van der Waals surface area contributed by atoms with Gasteiger partial charge in [-0.05, 0) is 23.9 Å². The molecule has 0 spiro atoms. The fourth-order valence-corrected chi connectivity index (χ4v) is 2.49. The van der Waals surface area contributed by atoms with Crippen molar-refractivity contribution < 1.29 is 23.9 Å². The van der Waals surface area contributed by atoms with Gasteiger partial charge in [-0.25, -0.2) is 0 Å². The Morgan fingerprint density at radius 1 is 1.00 bits per heavy atom. The molecular formula is C17H21N3O5S. The Morgan fingerprint density at radius 3 is 2.15 bits per heavy atom. The van der Waals surface area contributed by atoms with E-state index in [4.69, 9.17) is 9.47 Å². The zero-order valence-electron chi connectivity index (χ0n) is 15.5. The van der Waals surface area contributed by atoms with Crippen LogP contribution in [0, 0.1) is 0 Å². The fourth-order valence-electron chi connectivity index (χ4n) is 1.92. The molecule has 1 heterocycles. The molecule has 0 N–H and O–H groups in total. The molecule has 1 aromatic heterocycles. The minimum absolute atomic E-state index is 0.123. The van der Waals surface area contributed by atoms with Crippen molar-refractivity contribution in [2.45, 2.75) is 39.8 Å². The summed E-state index contributed by atoms with van der Waals surface area (Å²) in [7, 11) is 1.69. The zero-order valence-corrected chi connectivity index (χ0v) is 16.3. The lowest BCUT2D eigenvalue weighted by molar-refractivity contribution is -0.132. The number of hydrogen-bond acceptors (Lipinski definition) is 8. The summed E-state index contributed by atoms with van der Waals surface area (Å²) in [6.07, 6.45) is 0. The first-order valence-corrected chi connectivity index (χ1v) is 8.68. The van der Waals surface area contributed by atoms with Crippen molar-refractivity contribution >= 4 is 28.8 Å². The number of thioether (sulfide) groups is 1. The van der Waals surface area contributed by atoms with Crippen LogP contribution < -0.4 is 9.47 Å². The first-order chi connectivity index (χ1) is 12.3. The van der Waals surface area contributed by atoms with Gasteiger partial charge in [0.2, 0.25) is 0 Å². The molecule has 140 valence electrons. The van der Waals surface area contributed by atoms with Gasteiger partial charge in [-0.2, -0.15) is 0 Å². The summed E-state index contributed by atoms with van der Waals surface area (Å²) in [4.78, 5) is 33.6. The first kappa shape index (κ1) is 21.4.